The molecule has 3 fully saturated rings. The average Bonchev–Trinajstić information content (AvgIpc) is 3.27. The fourth-order valence-electron chi connectivity index (χ4n) is 3.61. The summed E-state index contributed by atoms with van der Waals surface area (Å²) in [5, 5.41) is 4.53. The number of anilines is 2. The first kappa shape index (κ1) is 19.4. The van der Waals surface area contributed by atoms with Crippen LogP contribution in [0.2, 0.25) is 0 Å². The van der Waals surface area contributed by atoms with Gasteiger partial charge >= 0.3 is 6.01 Å². The number of aromatic nitrogens is 2. The number of rotatable bonds is 7. The van der Waals surface area contributed by atoms with Gasteiger partial charge in [-0.25, -0.2) is 0 Å². The molecule has 0 bridgehead atoms. The van der Waals surface area contributed by atoms with Crippen LogP contribution in [-0.2, 0) is 9.47 Å². The van der Waals surface area contributed by atoms with Gasteiger partial charge in [0.2, 0.25) is 0 Å². The van der Waals surface area contributed by atoms with Crippen molar-refractivity contribution >= 4 is 17.3 Å². The Bertz CT molecular complexity index is 651. The van der Waals surface area contributed by atoms with Crippen molar-refractivity contribution in [3.8, 4) is 6.01 Å². The van der Waals surface area contributed by atoms with Gasteiger partial charge in [-0.3, -0.25) is 10.3 Å². The Kier molecular flexibility index (Phi) is 6.91. The highest BCUT2D eigenvalue weighted by Crippen LogP contribution is 2.21. The van der Waals surface area contributed by atoms with Crippen molar-refractivity contribution in [3.63, 3.8) is 0 Å². The summed E-state index contributed by atoms with van der Waals surface area (Å²) >= 11 is 0. The standard InChI is InChI=1S/C19H30N6O3/c1-2-4-16(3-1)22-23-17-15-18(25-8-12-27-13-9-25)21-19(20-17)28-14-7-24-5-10-26-11-6-24/h15H,1-14H2,(H,20,21,23). The molecular weight excluding hydrogens is 360 g/mol. The van der Waals surface area contributed by atoms with Crippen molar-refractivity contribution < 1.29 is 14.2 Å². The normalized spacial score (nSPS) is 21.0. The monoisotopic (exact) mass is 390 g/mol. The lowest BCUT2D eigenvalue weighted by Crippen LogP contribution is -2.39. The highest BCUT2D eigenvalue weighted by molar-refractivity contribution is 5.86. The van der Waals surface area contributed by atoms with Gasteiger partial charge in [0.05, 0.1) is 26.4 Å². The van der Waals surface area contributed by atoms with E-state index in [0.29, 0.717) is 31.6 Å². The van der Waals surface area contributed by atoms with Gasteiger partial charge in [-0.2, -0.15) is 15.1 Å². The molecule has 0 radical (unpaired) electrons. The summed E-state index contributed by atoms with van der Waals surface area (Å²) < 4.78 is 16.7. The minimum atomic E-state index is 0.395. The molecule has 1 aromatic rings. The van der Waals surface area contributed by atoms with Crippen LogP contribution in [0.5, 0.6) is 6.01 Å². The maximum Gasteiger partial charge on any atom is 0.320 e. The summed E-state index contributed by atoms with van der Waals surface area (Å²) in [6, 6.07) is 2.34. The quantitative estimate of drug-likeness (QED) is 0.699. The van der Waals surface area contributed by atoms with Crippen LogP contribution in [0, 0.1) is 0 Å². The number of hydrazone groups is 1. The van der Waals surface area contributed by atoms with Crippen LogP contribution in [0.3, 0.4) is 0 Å². The van der Waals surface area contributed by atoms with Crippen LogP contribution >= 0.6 is 0 Å². The predicted molar refractivity (Wildman–Crippen MR) is 107 cm³/mol. The second-order valence-electron chi connectivity index (χ2n) is 7.29. The summed E-state index contributed by atoms with van der Waals surface area (Å²) in [5.41, 5.74) is 4.33. The van der Waals surface area contributed by atoms with Gasteiger partial charge in [-0.05, 0) is 25.7 Å². The first-order chi connectivity index (χ1) is 13.9. The van der Waals surface area contributed by atoms with E-state index in [1.54, 1.807) is 0 Å². The lowest BCUT2D eigenvalue weighted by atomic mass is 10.3. The number of nitrogens with one attached hydrogen (secondary N) is 1. The maximum atomic E-state index is 5.90. The molecule has 1 aromatic heterocycles. The van der Waals surface area contributed by atoms with Crippen molar-refractivity contribution in [3.05, 3.63) is 6.07 Å². The third-order valence-electron chi connectivity index (χ3n) is 5.28. The first-order valence-electron chi connectivity index (χ1n) is 10.3. The molecule has 3 aliphatic rings. The van der Waals surface area contributed by atoms with E-state index in [0.717, 1.165) is 64.6 Å². The van der Waals surface area contributed by atoms with Crippen molar-refractivity contribution in [1.29, 1.82) is 0 Å². The van der Waals surface area contributed by atoms with Crippen LogP contribution in [0.15, 0.2) is 11.2 Å². The van der Waals surface area contributed by atoms with Crippen molar-refractivity contribution in [2.45, 2.75) is 25.7 Å². The van der Waals surface area contributed by atoms with Gasteiger partial charge in [0.15, 0.2) is 5.82 Å². The minimum Gasteiger partial charge on any atom is -0.462 e. The molecule has 1 saturated carbocycles. The van der Waals surface area contributed by atoms with Gasteiger partial charge in [0.1, 0.15) is 12.4 Å². The molecule has 28 heavy (non-hydrogen) atoms. The molecular formula is C19H30N6O3. The largest absolute Gasteiger partial charge is 0.462 e. The van der Waals surface area contributed by atoms with E-state index in [9.17, 15) is 0 Å². The van der Waals surface area contributed by atoms with E-state index >= 15 is 0 Å². The zero-order chi connectivity index (χ0) is 19.0. The van der Waals surface area contributed by atoms with Gasteiger partial charge in [0, 0.05) is 44.5 Å². The van der Waals surface area contributed by atoms with Crippen LogP contribution in [0.25, 0.3) is 0 Å². The summed E-state index contributed by atoms with van der Waals surface area (Å²) in [4.78, 5) is 13.7. The Morgan fingerprint density at radius 1 is 1.00 bits per heavy atom. The summed E-state index contributed by atoms with van der Waals surface area (Å²) in [6.45, 7) is 7.93. The molecule has 9 heteroatoms. The van der Waals surface area contributed by atoms with Crippen LogP contribution in [-0.4, -0.2) is 86.3 Å². The first-order valence-corrected chi connectivity index (χ1v) is 10.3. The molecule has 9 nitrogen and oxygen atoms in total. The second kappa shape index (κ2) is 9.99. The highest BCUT2D eigenvalue weighted by atomic mass is 16.5. The van der Waals surface area contributed by atoms with E-state index in [1.165, 1.54) is 18.6 Å². The van der Waals surface area contributed by atoms with Crippen molar-refractivity contribution in [2.75, 3.05) is 76.1 Å². The Morgan fingerprint density at radius 2 is 1.71 bits per heavy atom. The maximum absolute atomic E-state index is 5.90. The van der Waals surface area contributed by atoms with Gasteiger partial charge in [-0.1, -0.05) is 0 Å². The third-order valence-corrected chi connectivity index (χ3v) is 5.28. The van der Waals surface area contributed by atoms with Gasteiger partial charge in [-0.15, -0.1) is 0 Å². The van der Waals surface area contributed by atoms with Crippen LogP contribution < -0.4 is 15.1 Å². The van der Waals surface area contributed by atoms with E-state index < -0.39 is 0 Å². The summed E-state index contributed by atoms with van der Waals surface area (Å²) in [7, 11) is 0. The molecule has 0 atom stereocenters. The van der Waals surface area contributed by atoms with E-state index in [-0.39, 0.29) is 0 Å². The molecule has 154 valence electrons. The van der Waals surface area contributed by atoms with Crippen molar-refractivity contribution in [1.82, 2.24) is 14.9 Å². The summed E-state index contributed by atoms with van der Waals surface area (Å²) in [5.74, 6) is 1.53. The molecule has 3 heterocycles. The second-order valence-corrected chi connectivity index (χ2v) is 7.29. The van der Waals surface area contributed by atoms with Crippen molar-refractivity contribution in [2.24, 2.45) is 5.10 Å². The molecule has 2 aliphatic heterocycles. The molecule has 1 aliphatic carbocycles. The van der Waals surface area contributed by atoms with E-state index in [2.05, 4.69) is 30.3 Å². The number of hydrogen-bond acceptors (Lipinski definition) is 9. The van der Waals surface area contributed by atoms with Gasteiger partial charge < -0.3 is 19.1 Å². The number of morpholine rings is 2. The predicted octanol–water partition coefficient (Wildman–Crippen LogP) is 1.37. The van der Waals surface area contributed by atoms with E-state index in [1.807, 2.05) is 6.07 Å². The third kappa shape index (κ3) is 5.52. The number of hydrogen-bond donors (Lipinski definition) is 1. The Balaban J connectivity index is 1.41. The van der Waals surface area contributed by atoms with Gasteiger partial charge in [0.25, 0.3) is 0 Å². The molecule has 2 saturated heterocycles. The zero-order valence-corrected chi connectivity index (χ0v) is 16.4. The topological polar surface area (TPSA) is 84.3 Å². The smallest absolute Gasteiger partial charge is 0.320 e. The molecule has 0 aromatic carbocycles. The molecule has 0 amide bonds. The fraction of sp³-hybridized carbons (Fsp3) is 0.737. The van der Waals surface area contributed by atoms with E-state index in [4.69, 9.17) is 14.2 Å². The SMILES string of the molecule is c1c(NN=C2CCCC2)nc(OCCN2CCOCC2)nc1N1CCOCC1. The van der Waals surface area contributed by atoms with Crippen LogP contribution in [0.4, 0.5) is 11.6 Å². The average molecular weight is 390 g/mol. The molecule has 0 unspecified atom stereocenters. The minimum absolute atomic E-state index is 0.395. The zero-order valence-electron chi connectivity index (χ0n) is 16.4. The number of ether oxygens (including phenoxy) is 3. The fourth-order valence-corrected chi connectivity index (χ4v) is 3.61. The lowest BCUT2D eigenvalue weighted by molar-refractivity contribution is 0.0317. The Labute approximate surface area is 166 Å². The Morgan fingerprint density at radius 3 is 2.46 bits per heavy atom. The lowest BCUT2D eigenvalue weighted by Gasteiger charge is -2.28. The Hall–Kier alpha value is -1.97. The molecule has 4 rings (SSSR count). The molecule has 0 spiro atoms. The summed E-state index contributed by atoms with van der Waals surface area (Å²) in [6.07, 6.45) is 4.58. The van der Waals surface area contributed by atoms with Crippen LogP contribution in [0.1, 0.15) is 25.7 Å². The highest BCUT2D eigenvalue weighted by Gasteiger charge is 2.17. The number of nitrogens with zero attached hydrogens (tertiary/aromatic N) is 5. The molecule has 1 N–H and O–H groups in total.